The van der Waals surface area contributed by atoms with Crippen molar-refractivity contribution in [3.63, 3.8) is 0 Å². The second-order valence-corrected chi connectivity index (χ2v) is 9.98. The first-order valence-corrected chi connectivity index (χ1v) is 11.6. The first kappa shape index (κ1) is 28.9. The Hall–Kier alpha value is -2.30. The van der Waals surface area contributed by atoms with Crippen LogP contribution < -0.4 is 10.6 Å². The van der Waals surface area contributed by atoms with Gasteiger partial charge in [0.15, 0.2) is 0 Å². The Labute approximate surface area is 201 Å². The van der Waals surface area contributed by atoms with Gasteiger partial charge in [-0.1, -0.05) is 13.8 Å². The maximum atomic E-state index is 13.0. The summed E-state index contributed by atoms with van der Waals surface area (Å²) in [6, 6.07) is 1.05. The molecular formula is C24H33F6N3O2. The van der Waals surface area contributed by atoms with Gasteiger partial charge >= 0.3 is 12.4 Å². The lowest BCUT2D eigenvalue weighted by Crippen LogP contribution is -2.47. The van der Waals surface area contributed by atoms with Gasteiger partial charge in [-0.15, -0.1) is 0 Å². The maximum Gasteiger partial charge on any atom is 0.416 e. The maximum absolute atomic E-state index is 13.0. The van der Waals surface area contributed by atoms with Crippen molar-refractivity contribution in [3.05, 3.63) is 29.3 Å². The van der Waals surface area contributed by atoms with E-state index < -0.39 is 41.0 Å². The van der Waals surface area contributed by atoms with E-state index in [0.29, 0.717) is 44.5 Å². The second-order valence-electron chi connectivity index (χ2n) is 9.98. The standard InChI is InChI=1S/C22H27F6N3O2.C2H6/c1-19(2,3)30-17(32)12-31-6-4-20(5-7-31)11-16(20)18(33)29-15-9-13(21(23,24)25)8-14(10-15)22(26,27)28;1-2/h8-10,16H,4-7,11-12H2,1-3H3,(H,29,33)(H,30,32);1-2H3. The molecule has 35 heavy (non-hydrogen) atoms. The summed E-state index contributed by atoms with van der Waals surface area (Å²) in [5.74, 6) is -1.16. The average molecular weight is 510 g/mol. The third kappa shape index (κ3) is 7.85. The Bertz CT molecular complexity index is 881. The van der Waals surface area contributed by atoms with Crippen LogP contribution in [0.1, 0.15) is 65.0 Å². The molecule has 1 atom stereocenters. The molecule has 2 fully saturated rings. The summed E-state index contributed by atoms with van der Waals surface area (Å²) in [4.78, 5) is 26.7. The normalized spacial score (nSPS) is 20.0. The summed E-state index contributed by atoms with van der Waals surface area (Å²) in [6.07, 6.45) is -8.18. The van der Waals surface area contributed by atoms with Crippen molar-refractivity contribution in [2.24, 2.45) is 11.3 Å². The zero-order valence-electron chi connectivity index (χ0n) is 20.6. The molecule has 1 spiro atoms. The van der Waals surface area contributed by atoms with Gasteiger partial charge in [-0.2, -0.15) is 26.3 Å². The minimum absolute atomic E-state index is 0.0276. The van der Waals surface area contributed by atoms with Crippen LogP contribution in [0, 0.1) is 11.3 Å². The van der Waals surface area contributed by atoms with Crippen molar-refractivity contribution < 1.29 is 35.9 Å². The molecule has 1 saturated carbocycles. The molecule has 1 saturated heterocycles. The largest absolute Gasteiger partial charge is 0.416 e. The van der Waals surface area contributed by atoms with Crippen molar-refractivity contribution in [1.29, 1.82) is 0 Å². The van der Waals surface area contributed by atoms with Gasteiger partial charge in [0.05, 0.1) is 17.7 Å². The number of hydrogen-bond acceptors (Lipinski definition) is 3. The first-order chi connectivity index (χ1) is 16.0. The molecule has 2 N–H and O–H groups in total. The van der Waals surface area contributed by atoms with Gasteiger partial charge in [-0.3, -0.25) is 14.5 Å². The van der Waals surface area contributed by atoms with Crippen molar-refractivity contribution in [3.8, 4) is 0 Å². The minimum atomic E-state index is -4.98. The summed E-state index contributed by atoms with van der Waals surface area (Å²) >= 11 is 0. The second kappa shape index (κ2) is 10.4. The number of alkyl halides is 6. The van der Waals surface area contributed by atoms with E-state index in [4.69, 9.17) is 0 Å². The highest BCUT2D eigenvalue weighted by Crippen LogP contribution is 2.59. The van der Waals surface area contributed by atoms with E-state index in [0.717, 1.165) is 0 Å². The van der Waals surface area contributed by atoms with E-state index in [1.807, 2.05) is 39.5 Å². The highest BCUT2D eigenvalue weighted by atomic mass is 19.4. The van der Waals surface area contributed by atoms with E-state index in [9.17, 15) is 35.9 Å². The van der Waals surface area contributed by atoms with Crippen molar-refractivity contribution in [1.82, 2.24) is 10.2 Å². The average Bonchev–Trinajstić information content (AvgIpc) is 3.42. The molecule has 0 aromatic heterocycles. The zero-order valence-corrected chi connectivity index (χ0v) is 20.6. The molecule has 3 rings (SSSR count). The van der Waals surface area contributed by atoms with Gasteiger partial charge in [0.25, 0.3) is 0 Å². The number of halogens is 6. The number of carbonyl (C=O) groups excluding carboxylic acids is 2. The van der Waals surface area contributed by atoms with Crippen LogP contribution in [0.15, 0.2) is 18.2 Å². The molecule has 0 radical (unpaired) electrons. The van der Waals surface area contributed by atoms with Gasteiger partial charge in [0.2, 0.25) is 11.8 Å². The fraction of sp³-hybridized carbons (Fsp3) is 0.667. The molecule has 2 amide bonds. The van der Waals surface area contributed by atoms with Gasteiger partial charge in [0, 0.05) is 17.1 Å². The van der Waals surface area contributed by atoms with Crippen LogP contribution in [0.5, 0.6) is 0 Å². The summed E-state index contributed by atoms with van der Waals surface area (Å²) in [6.45, 7) is 11.0. The van der Waals surface area contributed by atoms with Gasteiger partial charge < -0.3 is 10.6 Å². The fourth-order valence-corrected chi connectivity index (χ4v) is 4.34. The van der Waals surface area contributed by atoms with Crippen LogP contribution in [0.2, 0.25) is 0 Å². The van der Waals surface area contributed by atoms with E-state index in [-0.39, 0.29) is 29.5 Å². The zero-order chi connectivity index (χ0) is 26.8. The van der Waals surface area contributed by atoms with Crippen molar-refractivity contribution in [2.45, 2.75) is 71.8 Å². The smallest absolute Gasteiger partial charge is 0.350 e. The molecule has 1 aromatic rings. The fourth-order valence-electron chi connectivity index (χ4n) is 4.34. The number of anilines is 1. The van der Waals surface area contributed by atoms with Crippen molar-refractivity contribution >= 4 is 17.5 Å². The Kier molecular flexibility index (Phi) is 8.56. The number of nitrogens with zero attached hydrogens (tertiary/aromatic N) is 1. The van der Waals surface area contributed by atoms with E-state index in [2.05, 4.69) is 10.6 Å². The SMILES string of the molecule is CC.CC(C)(C)NC(=O)CN1CCC2(CC1)CC2C(=O)Nc1cc(C(F)(F)F)cc(C(F)(F)F)c1. The van der Waals surface area contributed by atoms with Crippen LogP contribution in [0.3, 0.4) is 0 Å². The lowest BCUT2D eigenvalue weighted by molar-refractivity contribution is -0.143. The predicted molar refractivity (Wildman–Crippen MR) is 121 cm³/mol. The van der Waals surface area contributed by atoms with Crippen LogP contribution in [-0.2, 0) is 21.9 Å². The molecule has 5 nitrogen and oxygen atoms in total. The molecule has 1 aliphatic heterocycles. The van der Waals surface area contributed by atoms with Crippen LogP contribution in [0.25, 0.3) is 0 Å². The summed E-state index contributed by atoms with van der Waals surface area (Å²) in [7, 11) is 0. The molecule has 1 aliphatic carbocycles. The van der Waals surface area contributed by atoms with Crippen LogP contribution in [0.4, 0.5) is 32.0 Å². The molecule has 1 unspecified atom stereocenters. The van der Waals surface area contributed by atoms with Crippen molar-refractivity contribution in [2.75, 3.05) is 25.0 Å². The molecule has 11 heteroatoms. The lowest BCUT2D eigenvalue weighted by atomic mass is 9.90. The van der Waals surface area contributed by atoms with Crippen LogP contribution in [-0.4, -0.2) is 41.9 Å². The highest BCUT2D eigenvalue weighted by molar-refractivity contribution is 5.95. The van der Waals surface area contributed by atoms with Gasteiger partial charge in [0.1, 0.15) is 0 Å². The molecule has 1 heterocycles. The third-order valence-electron chi connectivity index (χ3n) is 6.09. The van der Waals surface area contributed by atoms with Gasteiger partial charge in [-0.25, -0.2) is 0 Å². The number of carbonyl (C=O) groups is 2. The number of amides is 2. The quantitative estimate of drug-likeness (QED) is 0.512. The number of nitrogens with one attached hydrogen (secondary N) is 2. The Balaban J connectivity index is 0.00000210. The monoisotopic (exact) mass is 509 g/mol. The Morgan fingerprint density at radius 2 is 1.43 bits per heavy atom. The number of rotatable bonds is 4. The van der Waals surface area contributed by atoms with E-state index >= 15 is 0 Å². The summed E-state index contributed by atoms with van der Waals surface area (Å²) < 4.78 is 78.2. The molecular weight excluding hydrogens is 476 g/mol. The molecule has 198 valence electrons. The Morgan fingerprint density at radius 3 is 1.86 bits per heavy atom. The summed E-state index contributed by atoms with van der Waals surface area (Å²) in [5, 5.41) is 5.14. The highest BCUT2D eigenvalue weighted by Gasteiger charge is 2.58. The predicted octanol–water partition coefficient (Wildman–Crippen LogP) is 5.71. The number of likely N-dealkylation sites (tertiary alicyclic amines) is 1. The Morgan fingerprint density at radius 1 is 0.943 bits per heavy atom. The van der Waals surface area contributed by atoms with Crippen LogP contribution >= 0.6 is 0 Å². The third-order valence-corrected chi connectivity index (χ3v) is 6.09. The molecule has 1 aromatic carbocycles. The first-order valence-electron chi connectivity index (χ1n) is 11.6. The lowest BCUT2D eigenvalue weighted by Gasteiger charge is -2.33. The number of piperidine rings is 1. The summed E-state index contributed by atoms with van der Waals surface area (Å²) in [5.41, 5.74) is -4.14. The van der Waals surface area contributed by atoms with Gasteiger partial charge in [-0.05, 0) is 76.7 Å². The molecule has 2 aliphatic rings. The molecule has 0 bridgehead atoms. The number of hydrogen-bond donors (Lipinski definition) is 2. The number of benzene rings is 1. The van der Waals surface area contributed by atoms with E-state index in [1.54, 1.807) is 0 Å². The van der Waals surface area contributed by atoms with E-state index in [1.165, 1.54) is 0 Å². The topological polar surface area (TPSA) is 61.4 Å². The minimum Gasteiger partial charge on any atom is -0.350 e.